The van der Waals surface area contributed by atoms with Crippen molar-refractivity contribution in [1.82, 2.24) is 15.2 Å². The van der Waals surface area contributed by atoms with Crippen LogP contribution in [0.25, 0.3) is 22.4 Å². The van der Waals surface area contributed by atoms with Crippen molar-refractivity contribution in [2.45, 2.75) is 21.7 Å². The quantitative estimate of drug-likeness (QED) is 0.424. The third kappa shape index (κ3) is 4.11. The Balaban J connectivity index is 1.36. The van der Waals surface area contributed by atoms with E-state index in [1.807, 2.05) is 30.3 Å². The first-order valence-electron chi connectivity index (χ1n) is 9.64. The second-order valence-corrected chi connectivity index (χ2v) is 9.92. The predicted octanol–water partition coefficient (Wildman–Crippen LogP) is 2.36. The molecule has 0 bridgehead atoms. The number of hydrogen-bond acceptors (Lipinski definition) is 9. The third-order valence-corrected chi connectivity index (χ3v) is 6.96. The minimum absolute atomic E-state index is 0.0569. The van der Waals surface area contributed by atoms with E-state index in [2.05, 4.69) is 15.2 Å². The molecule has 0 radical (unpaired) electrons. The summed E-state index contributed by atoms with van der Waals surface area (Å²) in [5.74, 6) is -0.355. The smallest absolute Gasteiger partial charge is 0.247 e. The molecular formula is C21H15N5O5S2. The van der Waals surface area contributed by atoms with Gasteiger partial charge in [-0.05, 0) is 36.4 Å². The van der Waals surface area contributed by atoms with Crippen LogP contribution in [-0.2, 0) is 19.6 Å². The highest BCUT2D eigenvalue weighted by molar-refractivity contribution is 8.00. The second kappa shape index (κ2) is 8.06. The van der Waals surface area contributed by atoms with Gasteiger partial charge in [-0.15, -0.1) is 5.10 Å². The van der Waals surface area contributed by atoms with Crippen LogP contribution in [0.3, 0.4) is 0 Å². The van der Waals surface area contributed by atoms with E-state index in [1.54, 1.807) is 0 Å². The largest absolute Gasteiger partial charge is 0.454 e. The molecule has 2 N–H and O–H groups in total. The lowest BCUT2D eigenvalue weighted by atomic mass is 10.2. The van der Waals surface area contributed by atoms with Gasteiger partial charge in [0.25, 0.3) is 0 Å². The van der Waals surface area contributed by atoms with Crippen molar-refractivity contribution in [3.63, 3.8) is 0 Å². The van der Waals surface area contributed by atoms with Gasteiger partial charge >= 0.3 is 0 Å². The molecule has 10 nitrogen and oxygen atoms in total. The summed E-state index contributed by atoms with van der Waals surface area (Å²) < 4.78 is 28.7. The number of para-hydroxylation sites is 1. The number of nitrogens with zero attached hydrogens (tertiary/aromatic N) is 4. The molecule has 1 unspecified atom stereocenters. The molecule has 33 heavy (non-hydrogen) atoms. The van der Waals surface area contributed by atoms with Gasteiger partial charge in [0, 0.05) is 11.8 Å². The minimum Gasteiger partial charge on any atom is -0.454 e. The lowest BCUT2D eigenvalue weighted by molar-refractivity contribution is -0.121. The number of carbonyl (C=O) groups excluding carboxylic acids is 2. The Bertz CT molecular complexity index is 1470. The number of primary sulfonamides is 1. The number of nitrogens with two attached hydrogens (primary N) is 1. The van der Waals surface area contributed by atoms with E-state index in [4.69, 9.17) is 9.56 Å². The van der Waals surface area contributed by atoms with Gasteiger partial charge in [0.1, 0.15) is 16.5 Å². The maximum absolute atomic E-state index is 12.9. The number of benzene rings is 2. The van der Waals surface area contributed by atoms with Crippen molar-refractivity contribution >= 4 is 50.3 Å². The molecule has 2 aromatic carbocycles. The molecule has 1 aliphatic heterocycles. The molecule has 1 atom stereocenters. The fourth-order valence-corrected chi connectivity index (χ4v) is 4.89. The first-order valence-corrected chi connectivity index (χ1v) is 12.1. The van der Waals surface area contributed by atoms with Gasteiger partial charge in [0.05, 0.1) is 16.8 Å². The van der Waals surface area contributed by atoms with Gasteiger partial charge in [-0.2, -0.15) is 5.10 Å². The zero-order valence-corrected chi connectivity index (χ0v) is 18.4. The number of carbonyl (C=O) groups is 2. The number of anilines is 1. The first kappa shape index (κ1) is 21.2. The van der Waals surface area contributed by atoms with E-state index >= 15 is 0 Å². The zero-order valence-electron chi connectivity index (χ0n) is 16.8. The number of furan rings is 1. The molecule has 0 saturated carbocycles. The van der Waals surface area contributed by atoms with Crippen LogP contribution in [0.5, 0.6) is 0 Å². The number of thioether (sulfide) groups is 1. The molecule has 1 saturated heterocycles. The van der Waals surface area contributed by atoms with E-state index in [1.165, 1.54) is 30.5 Å². The Hall–Kier alpha value is -3.61. The van der Waals surface area contributed by atoms with Crippen molar-refractivity contribution in [3.05, 3.63) is 60.8 Å². The maximum atomic E-state index is 12.9. The molecule has 2 amide bonds. The van der Waals surface area contributed by atoms with Crippen LogP contribution in [0.15, 0.2) is 75.3 Å². The second-order valence-electron chi connectivity index (χ2n) is 7.19. The van der Waals surface area contributed by atoms with Crippen molar-refractivity contribution in [2.75, 3.05) is 4.90 Å². The number of hydrogen-bond donors (Lipinski definition) is 1. The summed E-state index contributed by atoms with van der Waals surface area (Å²) in [5.41, 5.74) is 1.42. The average molecular weight is 482 g/mol. The van der Waals surface area contributed by atoms with Gasteiger partial charge < -0.3 is 4.42 Å². The highest BCUT2D eigenvalue weighted by Crippen LogP contribution is 2.34. The molecule has 2 aromatic heterocycles. The van der Waals surface area contributed by atoms with Crippen LogP contribution in [-0.4, -0.2) is 40.7 Å². The van der Waals surface area contributed by atoms with Gasteiger partial charge in [-0.3, -0.25) is 9.59 Å². The Morgan fingerprint density at radius 3 is 2.58 bits per heavy atom. The summed E-state index contributed by atoms with van der Waals surface area (Å²) in [7, 11) is -3.88. The highest BCUT2D eigenvalue weighted by atomic mass is 32.2. The standard InChI is InChI=1S/C21H15N5O5S2/c22-33(29,30)14-7-5-13(6-8-14)26-19(27)10-18(20(26)28)32-21-24-15(11-23-25-21)17-9-12-3-1-2-4-16(12)31-17/h1-9,11,18H,10H2,(H2,22,29,30). The van der Waals surface area contributed by atoms with Gasteiger partial charge in [-0.25, -0.2) is 23.4 Å². The lowest BCUT2D eigenvalue weighted by Gasteiger charge is -2.15. The number of fused-ring (bicyclic) bond motifs is 1. The molecule has 12 heteroatoms. The first-order chi connectivity index (χ1) is 15.8. The number of amides is 2. The summed E-state index contributed by atoms with van der Waals surface area (Å²) in [6, 6.07) is 14.6. The van der Waals surface area contributed by atoms with Crippen LogP contribution >= 0.6 is 11.8 Å². The van der Waals surface area contributed by atoms with Crippen LogP contribution in [0.1, 0.15) is 6.42 Å². The fourth-order valence-electron chi connectivity index (χ4n) is 3.44. The summed E-state index contributed by atoms with van der Waals surface area (Å²) in [5, 5.41) is 13.4. The van der Waals surface area contributed by atoms with Gasteiger partial charge in [0.2, 0.25) is 27.0 Å². The van der Waals surface area contributed by atoms with Crippen molar-refractivity contribution in [3.8, 4) is 11.5 Å². The molecule has 3 heterocycles. The molecule has 5 rings (SSSR count). The number of rotatable bonds is 5. The molecule has 166 valence electrons. The van der Waals surface area contributed by atoms with Crippen LogP contribution in [0.2, 0.25) is 0 Å². The lowest BCUT2D eigenvalue weighted by Crippen LogP contribution is -2.31. The Morgan fingerprint density at radius 2 is 1.85 bits per heavy atom. The van der Waals surface area contributed by atoms with E-state index in [0.717, 1.165) is 22.0 Å². The third-order valence-electron chi connectivity index (χ3n) is 4.99. The normalized spacial score (nSPS) is 16.6. The van der Waals surface area contributed by atoms with Crippen molar-refractivity contribution in [2.24, 2.45) is 5.14 Å². The van der Waals surface area contributed by atoms with Crippen LogP contribution in [0, 0.1) is 0 Å². The number of sulfonamides is 1. The monoisotopic (exact) mass is 481 g/mol. The molecular weight excluding hydrogens is 466 g/mol. The average Bonchev–Trinajstić information content (AvgIpc) is 3.34. The van der Waals surface area contributed by atoms with E-state index in [9.17, 15) is 18.0 Å². The summed E-state index contributed by atoms with van der Waals surface area (Å²) in [6.07, 6.45) is 1.40. The predicted molar refractivity (Wildman–Crippen MR) is 120 cm³/mol. The van der Waals surface area contributed by atoms with E-state index < -0.39 is 27.1 Å². The zero-order chi connectivity index (χ0) is 23.2. The number of aromatic nitrogens is 3. The van der Waals surface area contributed by atoms with Gasteiger partial charge in [0.15, 0.2) is 5.76 Å². The fraction of sp³-hybridized carbons (Fsp3) is 0.0952. The Kier molecular flexibility index (Phi) is 5.19. The van der Waals surface area contributed by atoms with Crippen LogP contribution < -0.4 is 10.0 Å². The van der Waals surface area contributed by atoms with Crippen molar-refractivity contribution < 1.29 is 22.4 Å². The minimum atomic E-state index is -3.88. The van der Waals surface area contributed by atoms with E-state index in [-0.39, 0.29) is 22.2 Å². The molecule has 0 spiro atoms. The topological polar surface area (TPSA) is 149 Å². The highest BCUT2D eigenvalue weighted by Gasteiger charge is 2.40. The molecule has 0 aliphatic carbocycles. The number of imide groups is 1. The summed E-state index contributed by atoms with van der Waals surface area (Å²) in [6.45, 7) is 0. The van der Waals surface area contributed by atoms with Crippen molar-refractivity contribution in [1.29, 1.82) is 0 Å². The SMILES string of the molecule is NS(=O)(=O)c1ccc(N2C(=O)CC(Sc3nncc(-c4cc5ccccc5o4)n3)C2=O)cc1. The van der Waals surface area contributed by atoms with E-state index in [0.29, 0.717) is 17.0 Å². The summed E-state index contributed by atoms with van der Waals surface area (Å²) in [4.78, 5) is 30.8. The van der Waals surface area contributed by atoms with Crippen LogP contribution in [0.4, 0.5) is 5.69 Å². The molecule has 1 fully saturated rings. The molecule has 4 aromatic rings. The Labute approximate surface area is 191 Å². The maximum Gasteiger partial charge on any atom is 0.247 e. The molecule has 1 aliphatic rings. The Morgan fingerprint density at radius 1 is 1.09 bits per heavy atom. The summed E-state index contributed by atoms with van der Waals surface area (Å²) >= 11 is 1.03. The van der Waals surface area contributed by atoms with Gasteiger partial charge in [-0.1, -0.05) is 30.0 Å².